The third kappa shape index (κ3) is 7.72. The molecule has 0 saturated heterocycles. The Balaban J connectivity index is 1.45. The Bertz CT molecular complexity index is 861. The summed E-state index contributed by atoms with van der Waals surface area (Å²) in [7, 11) is 4.34. The van der Waals surface area contributed by atoms with Gasteiger partial charge in [-0.1, -0.05) is 26.8 Å². The zero-order valence-corrected chi connectivity index (χ0v) is 22.9. The molecule has 0 aromatic carbocycles. The summed E-state index contributed by atoms with van der Waals surface area (Å²) in [4.78, 5) is 19.4. The largest absolute Gasteiger partial charge is 0.395 e. The number of nitrogens with one attached hydrogen (secondary N) is 4. The number of alkyl halides is 3. The lowest BCUT2D eigenvalue weighted by Gasteiger charge is -2.37. The number of hydrogen-bond donors (Lipinski definition) is 4. The molecule has 3 aliphatic rings. The second kappa shape index (κ2) is 13.1. The summed E-state index contributed by atoms with van der Waals surface area (Å²) in [5, 5.41) is 12.7. The molecule has 1 fully saturated rings. The summed E-state index contributed by atoms with van der Waals surface area (Å²) in [5.41, 5.74) is 1.11. The third-order valence-corrected chi connectivity index (χ3v) is 8.22. The standard InChI is InChI=1S/C27H45F3N6O/c1-6-19(14-31-20-10-8-18(9-11-20)23(7-2)36(4)5)35-24(37)15-32-26-25-17(3)21(27(28,29)30)12-13-22(25)33-16-34-26/h12-13,17-21,23,31,33H,6-11,14-16H2,1-5H3,(H,32,34)(H,35,37). The predicted molar refractivity (Wildman–Crippen MR) is 142 cm³/mol. The van der Waals surface area contributed by atoms with Gasteiger partial charge in [0.1, 0.15) is 12.5 Å². The normalized spacial score (nSPS) is 27.8. The molecule has 1 amide bonds. The molecule has 4 N–H and O–H groups in total. The highest BCUT2D eigenvalue weighted by atomic mass is 19.4. The quantitative estimate of drug-likeness (QED) is 0.350. The van der Waals surface area contributed by atoms with E-state index in [0.717, 1.165) is 25.2 Å². The summed E-state index contributed by atoms with van der Waals surface area (Å²) in [6, 6.07) is 1.10. The van der Waals surface area contributed by atoms with Crippen molar-refractivity contribution < 1.29 is 18.0 Å². The first kappa shape index (κ1) is 29.5. The number of amides is 1. The van der Waals surface area contributed by atoms with Crippen LogP contribution in [0.3, 0.4) is 0 Å². The summed E-state index contributed by atoms with van der Waals surface area (Å²) in [6.07, 6.45) is 5.04. The number of hydrogen-bond acceptors (Lipinski definition) is 6. The number of halogens is 3. The lowest BCUT2D eigenvalue weighted by molar-refractivity contribution is -0.169. The van der Waals surface area contributed by atoms with Crippen LogP contribution >= 0.6 is 0 Å². The first-order chi connectivity index (χ1) is 17.5. The van der Waals surface area contributed by atoms with Crippen LogP contribution in [-0.2, 0) is 4.79 Å². The van der Waals surface area contributed by atoms with Gasteiger partial charge in [0.05, 0.1) is 12.5 Å². The maximum atomic E-state index is 13.5. The van der Waals surface area contributed by atoms with E-state index < -0.39 is 18.0 Å². The molecule has 3 rings (SSSR count). The maximum Gasteiger partial charge on any atom is 0.395 e. The predicted octanol–water partition coefficient (Wildman–Crippen LogP) is 3.56. The lowest BCUT2D eigenvalue weighted by Crippen LogP contribution is -2.49. The molecule has 10 heteroatoms. The minimum absolute atomic E-state index is 0.00641. The average molecular weight is 527 g/mol. The minimum atomic E-state index is -4.33. The molecule has 1 aliphatic heterocycles. The number of aliphatic imine (C=N–C) groups is 1. The SMILES string of the molecule is CCC(CNC1CCC(C(CC)N(C)C)CC1)NC(=O)CNC1=NCNC2=C1C(C)C(C(F)(F)F)C=C2. The van der Waals surface area contributed by atoms with Crippen molar-refractivity contribution in [2.75, 3.05) is 33.9 Å². The molecule has 0 bridgehead atoms. The van der Waals surface area contributed by atoms with Gasteiger partial charge in [-0.15, -0.1) is 0 Å². The van der Waals surface area contributed by atoms with Crippen molar-refractivity contribution in [2.24, 2.45) is 22.7 Å². The molecule has 7 nitrogen and oxygen atoms in total. The van der Waals surface area contributed by atoms with Crippen LogP contribution < -0.4 is 21.3 Å². The van der Waals surface area contributed by atoms with Crippen LogP contribution in [0, 0.1) is 17.8 Å². The average Bonchev–Trinajstić information content (AvgIpc) is 2.85. The first-order valence-electron chi connectivity index (χ1n) is 13.8. The monoisotopic (exact) mass is 526 g/mol. The van der Waals surface area contributed by atoms with Crippen molar-refractivity contribution in [1.82, 2.24) is 26.2 Å². The number of rotatable bonds is 10. The number of carbonyl (C=O) groups is 1. The van der Waals surface area contributed by atoms with Crippen LogP contribution in [0.5, 0.6) is 0 Å². The summed E-state index contributed by atoms with van der Waals surface area (Å²) < 4.78 is 40.4. The van der Waals surface area contributed by atoms with Gasteiger partial charge in [-0.05, 0) is 64.6 Å². The van der Waals surface area contributed by atoms with E-state index in [1.165, 1.54) is 31.4 Å². The van der Waals surface area contributed by atoms with Crippen LogP contribution in [0.4, 0.5) is 13.2 Å². The van der Waals surface area contributed by atoms with Crippen LogP contribution in [0.2, 0.25) is 0 Å². The molecule has 0 aromatic heterocycles. The van der Waals surface area contributed by atoms with Crippen molar-refractivity contribution in [3.63, 3.8) is 0 Å². The van der Waals surface area contributed by atoms with Crippen molar-refractivity contribution >= 4 is 11.7 Å². The molecule has 1 heterocycles. The number of allylic oxidation sites excluding steroid dienone is 2. The van der Waals surface area contributed by atoms with Crippen molar-refractivity contribution in [1.29, 1.82) is 0 Å². The van der Waals surface area contributed by atoms with Gasteiger partial charge in [0.25, 0.3) is 0 Å². The second-order valence-electron chi connectivity index (χ2n) is 10.9. The Morgan fingerprint density at radius 1 is 1.19 bits per heavy atom. The van der Waals surface area contributed by atoms with Crippen LogP contribution in [0.25, 0.3) is 0 Å². The molecule has 0 radical (unpaired) electrons. The van der Waals surface area contributed by atoms with Gasteiger partial charge in [0, 0.05) is 41.9 Å². The smallest absolute Gasteiger partial charge is 0.366 e. The van der Waals surface area contributed by atoms with Crippen molar-refractivity contribution in [3.8, 4) is 0 Å². The fourth-order valence-corrected chi connectivity index (χ4v) is 6.09. The fraction of sp³-hybridized carbons (Fsp3) is 0.778. The van der Waals surface area contributed by atoms with E-state index in [1.807, 2.05) is 6.92 Å². The van der Waals surface area contributed by atoms with Gasteiger partial charge in [-0.25, -0.2) is 4.99 Å². The van der Waals surface area contributed by atoms with Crippen LogP contribution in [-0.4, -0.2) is 74.8 Å². The maximum absolute atomic E-state index is 13.5. The molecule has 0 spiro atoms. The topological polar surface area (TPSA) is 80.8 Å². The van der Waals surface area contributed by atoms with Crippen LogP contribution in [0.1, 0.15) is 59.3 Å². The van der Waals surface area contributed by atoms with E-state index >= 15 is 0 Å². The Kier molecular flexibility index (Phi) is 10.5. The molecular weight excluding hydrogens is 481 g/mol. The molecule has 37 heavy (non-hydrogen) atoms. The zero-order valence-electron chi connectivity index (χ0n) is 22.9. The van der Waals surface area contributed by atoms with Gasteiger partial charge in [0.15, 0.2) is 0 Å². The number of amidine groups is 1. The van der Waals surface area contributed by atoms with E-state index in [4.69, 9.17) is 0 Å². The zero-order chi connectivity index (χ0) is 27.2. The Hall–Kier alpha value is -2.07. The molecule has 0 aromatic rings. The summed E-state index contributed by atoms with van der Waals surface area (Å²) in [5.74, 6) is -1.46. The molecule has 210 valence electrons. The number of carbonyl (C=O) groups excluding carboxylic acids is 1. The van der Waals surface area contributed by atoms with Gasteiger partial charge in [-0.2, -0.15) is 13.2 Å². The minimum Gasteiger partial charge on any atom is -0.366 e. The summed E-state index contributed by atoms with van der Waals surface area (Å²) >= 11 is 0. The highest BCUT2D eigenvalue weighted by Gasteiger charge is 2.45. The van der Waals surface area contributed by atoms with Gasteiger partial charge in [-0.3, -0.25) is 4.79 Å². The molecule has 2 aliphatic carbocycles. The van der Waals surface area contributed by atoms with E-state index in [9.17, 15) is 18.0 Å². The molecule has 1 saturated carbocycles. The van der Waals surface area contributed by atoms with Gasteiger partial charge in [0.2, 0.25) is 5.91 Å². The first-order valence-corrected chi connectivity index (χ1v) is 13.8. The third-order valence-electron chi connectivity index (χ3n) is 8.22. The second-order valence-corrected chi connectivity index (χ2v) is 10.9. The number of nitrogens with zero attached hydrogens (tertiary/aromatic N) is 2. The fourth-order valence-electron chi connectivity index (χ4n) is 6.09. The summed E-state index contributed by atoms with van der Waals surface area (Å²) in [6.45, 7) is 6.79. The Morgan fingerprint density at radius 3 is 2.49 bits per heavy atom. The highest BCUT2D eigenvalue weighted by molar-refractivity contribution is 6.02. The van der Waals surface area contributed by atoms with Gasteiger partial charge < -0.3 is 26.2 Å². The molecule has 4 atom stereocenters. The Morgan fingerprint density at radius 2 is 1.89 bits per heavy atom. The molecule has 4 unspecified atom stereocenters. The lowest BCUT2D eigenvalue weighted by atomic mass is 9.80. The van der Waals surface area contributed by atoms with Gasteiger partial charge >= 0.3 is 6.18 Å². The van der Waals surface area contributed by atoms with Crippen LogP contribution in [0.15, 0.2) is 28.4 Å². The van der Waals surface area contributed by atoms with E-state index in [2.05, 4.69) is 52.2 Å². The Labute approximate surface area is 219 Å². The highest BCUT2D eigenvalue weighted by Crippen LogP contribution is 2.40. The van der Waals surface area contributed by atoms with Crippen molar-refractivity contribution in [3.05, 3.63) is 23.4 Å². The van der Waals surface area contributed by atoms with Crippen molar-refractivity contribution in [2.45, 2.75) is 83.6 Å². The van der Waals surface area contributed by atoms with E-state index in [1.54, 1.807) is 6.92 Å². The van der Waals surface area contributed by atoms with E-state index in [-0.39, 0.29) is 25.2 Å². The molecular formula is C27H45F3N6O. The van der Waals surface area contributed by atoms with E-state index in [0.29, 0.717) is 35.7 Å².